The Kier molecular flexibility index (Phi) is 3.58. The van der Waals surface area contributed by atoms with Crippen LogP contribution in [0.25, 0.3) is 0 Å². The number of fused-ring (bicyclic) bond motifs is 1. The Morgan fingerprint density at radius 1 is 1.29 bits per heavy atom. The molecule has 1 aliphatic rings. The molecule has 2 heterocycles. The predicted molar refractivity (Wildman–Crippen MR) is 81.3 cm³/mol. The van der Waals surface area contributed by atoms with E-state index in [-0.39, 0.29) is 22.9 Å². The van der Waals surface area contributed by atoms with Crippen molar-refractivity contribution in [3.63, 3.8) is 0 Å². The van der Waals surface area contributed by atoms with Gasteiger partial charge in [-0.25, -0.2) is 0 Å². The minimum Gasteiger partial charge on any atom is -0.367 e. The van der Waals surface area contributed by atoms with Gasteiger partial charge in [0.2, 0.25) is 0 Å². The molecular formula is C16H17N3O2. The second-order valence-corrected chi connectivity index (χ2v) is 5.19. The van der Waals surface area contributed by atoms with E-state index in [0.717, 1.165) is 24.1 Å². The first-order valence-electron chi connectivity index (χ1n) is 7.02. The molecule has 0 radical (unpaired) electrons. The fraction of sp³-hybridized carbons (Fsp3) is 0.250. The predicted octanol–water partition coefficient (Wildman–Crippen LogP) is 1.82. The molecule has 1 aliphatic heterocycles. The van der Waals surface area contributed by atoms with Crippen LogP contribution in [0.15, 0.2) is 47.5 Å². The summed E-state index contributed by atoms with van der Waals surface area (Å²) >= 11 is 0. The normalized spacial score (nSPS) is 18.0. The summed E-state index contributed by atoms with van der Waals surface area (Å²) in [4.78, 5) is 29.0. The molecule has 2 aromatic rings. The Balaban J connectivity index is 2.06. The fourth-order valence-corrected chi connectivity index (χ4v) is 2.73. The number of nitrogens with zero attached hydrogens (tertiary/aromatic N) is 1. The number of hydrogen-bond acceptors (Lipinski definition) is 3. The number of pyridine rings is 1. The van der Waals surface area contributed by atoms with Crippen molar-refractivity contribution >= 4 is 11.6 Å². The number of aromatic amines is 1. The van der Waals surface area contributed by atoms with Gasteiger partial charge in [-0.3, -0.25) is 9.59 Å². The van der Waals surface area contributed by atoms with E-state index in [9.17, 15) is 9.59 Å². The molecule has 0 saturated carbocycles. The van der Waals surface area contributed by atoms with Crippen LogP contribution in [0, 0.1) is 0 Å². The third kappa shape index (κ3) is 2.48. The number of rotatable bonds is 1. The largest absolute Gasteiger partial charge is 0.367 e. The molecule has 0 fully saturated rings. The number of nitrogens with one attached hydrogen (secondary N) is 1. The number of para-hydroxylation sites is 1. The molecule has 108 valence electrons. The van der Waals surface area contributed by atoms with E-state index in [1.807, 2.05) is 24.3 Å². The molecule has 0 spiro atoms. The van der Waals surface area contributed by atoms with Gasteiger partial charge in [-0.05, 0) is 24.5 Å². The number of anilines is 1. The lowest BCUT2D eigenvalue weighted by molar-refractivity contribution is 0.0985. The first-order chi connectivity index (χ1) is 10.2. The van der Waals surface area contributed by atoms with Crippen LogP contribution in [-0.2, 0) is 0 Å². The van der Waals surface area contributed by atoms with Gasteiger partial charge in [0, 0.05) is 36.7 Å². The number of carbonyl (C=O) groups is 1. The molecule has 1 aromatic carbocycles. The topological polar surface area (TPSA) is 79.2 Å². The zero-order valence-electron chi connectivity index (χ0n) is 11.6. The van der Waals surface area contributed by atoms with Gasteiger partial charge in [0.25, 0.3) is 5.91 Å². The van der Waals surface area contributed by atoms with Crippen LogP contribution in [0.3, 0.4) is 0 Å². The zero-order valence-corrected chi connectivity index (χ0v) is 11.6. The average Bonchev–Trinajstić information content (AvgIpc) is 2.67. The Morgan fingerprint density at radius 3 is 2.90 bits per heavy atom. The number of aromatic nitrogens is 1. The first-order valence-corrected chi connectivity index (χ1v) is 7.02. The van der Waals surface area contributed by atoms with E-state index >= 15 is 0 Å². The molecule has 3 N–H and O–H groups in total. The quantitative estimate of drug-likeness (QED) is 0.837. The van der Waals surface area contributed by atoms with Gasteiger partial charge < -0.3 is 15.6 Å². The van der Waals surface area contributed by atoms with Crippen molar-refractivity contribution in [3.8, 4) is 0 Å². The van der Waals surface area contributed by atoms with E-state index in [2.05, 4.69) is 4.98 Å². The third-order valence-electron chi connectivity index (χ3n) is 3.82. The highest BCUT2D eigenvalue weighted by molar-refractivity contribution is 6.06. The van der Waals surface area contributed by atoms with E-state index in [1.54, 1.807) is 4.90 Å². The van der Waals surface area contributed by atoms with Crippen LogP contribution in [0.2, 0.25) is 0 Å². The smallest absolute Gasteiger partial charge is 0.263 e. The second kappa shape index (κ2) is 5.54. The van der Waals surface area contributed by atoms with Gasteiger partial charge in [0.15, 0.2) is 5.43 Å². The van der Waals surface area contributed by atoms with Crippen molar-refractivity contribution in [1.29, 1.82) is 0 Å². The van der Waals surface area contributed by atoms with Crippen LogP contribution in [-0.4, -0.2) is 17.4 Å². The summed E-state index contributed by atoms with van der Waals surface area (Å²) in [7, 11) is 0. The molecule has 1 atom stereocenters. The molecule has 0 saturated heterocycles. The lowest BCUT2D eigenvalue weighted by atomic mass is 10.0. The number of carbonyl (C=O) groups excluding carboxylic acids is 1. The van der Waals surface area contributed by atoms with E-state index in [4.69, 9.17) is 5.73 Å². The van der Waals surface area contributed by atoms with Crippen molar-refractivity contribution in [2.45, 2.75) is 18.9 Å². The fourth-order valence-electron chi connectivity index (χ4n) is 2.73. The van der Waals surface area contributed by atoms with E-state index < -0.39 is 0 Å². The summed E-state index contributed by atoms with van der Waals surface area (Å²) in [6.45, 7) is 0.567. The number of amides is 1. The van der Waals surface area contributed by atoms with Gasteiger partial charge in [0.05, 0.1) is 0 Å². The minimum atomic E-state index is -0.279. The van der Waals surface area contributed by atoms with Crippen molar-refractivity contribution in [2.24, 2.45) is 5.73 Å². The van der Waals surface area contributed by atoms with E-state index in [1.165, 1.54) is 18.5 Å². The molecule has 1 amide bonds. The Morgan fingerprint density at radius 2 is 2.10 bits per heavy atom. The molecule has 1 unspecified atom stereocenters. The monoisotopic (exact) mass is 283 g/mol. The third-order valence-corrected chi connectivity index (χ3v) is 3.82. The summed E-state index contributed by atoms with van der Waals surface area (Å²) in [6.07, 6.45) is 4.61. The molecule has 0 aliphatic carbocycles. The molecule has 1 aromatic heterocycles. The second-order valence-electron chi connectivity index (χ2n) is 5.19. The van der Waals surface area contributed by atoms with Crippen molar-refractivity contribution in [1.82, 2.24) is 4.98 Å². The maximum Gasteiger partial charge on any atom is 0.263 e. The number of hydrogen-bond donors (Lipinski definition) is 2. The molecule has 3 rings (SSSR count). The lowest BCUT2D eigenvalue weighted by Gasteiger charge is -2.23. The van der Waals surface area contributed by atoms with Crippen molar-refractivity contribution < 1.29 is 4.79 Å². The molecule has 21 heavy (non-hydrogen) atoms. The minimum absolute atomic E-state index is 0.0759. The van der Waals surface area contributed by atoms with Crippen LogP contribution in [0.1, 0.15) is 34.8 Å². The summed E-state index contributed by atoms with van der Waals surface area (Å²) in [6, 6.07) is 8.92. The van der Waals surface area contributed by atoms with Crippen molar-refractivity contribution in [2.75, 3.05) is 11.4 Å². The van der Waals surface area contributed by atoms with Crippen molar-refractivity contribution in [3.05, 3.63) is 64.1 Å². The average molecular weight is 283 g/mol. The highest BCUT2D eigenvalue weighted by Gasteiger charge is 2.26. The highest BCUT2D eigenvalue weighted by Crippen LogP contribution is 2.31. The zero-order chi connectivity index (χ0) is 14.8. The Bertz CT molecular complexity index is 723. The summed E-state index contributed by atoms with van der Waals surface area (Å²) < 4.78 is 0. The maximum absolute atomic E-state index is 12.7. The molecular weight excluding hydrogens is 266 g/mol. The number of H-pyrrole nitrogens is 1. The van der Waals surface area contributed by atoms with Crippen LogP contribution in [0.4, 0.5) is 5.69 Å². The molecule has 0 bridgehead atoms. The summed E-state index contributed by atoms with van der Waals surface area (Å²) in [5.74, 6) is -0.279. The van der Waals surface area contributed by atoms with E-state index in [0.29, 0.717) is 6.54 Å². The highest BCUT2D eigenvalue weighted by atomic mass is 16.2. The Labute approximate surface area is 122 Å². The number of benzene rings is 1. The molecule has 5 heteroatoms. The lowest BCUT2D eigenvalue weighted by Crippen LogP contribution is -2.35. The van der Waals surface area contributed by atoms with Crippen LogP contribution >= 0.6 is 0 Å². The van der Waals surface area contributed by atoms with Gasteiger partial charge in [-0.2, -0.15) is 0 Å². The van der Waals surface area contributed by atoms with Crippen LogP contribution in [0.5, 0.6) is 0 Å². The summed E-state index contributed by atoms with van der Waals surface area (Å²) in [5.41, 5.74) is 7.81. The van der Waals surface area contributed by atoms with Crippen LogP contribution < -0.4 is 16.1 Å². The Hall–Kier alpha value is -2.40. The van der Waals surface area contributed by atoms with Gasteiger partial charge in [0.1, 0.15) is 5.56 Å². The SMILES string of the molecule is NC1CCCN(C(=O)c2c[nH]ccc2=O)c2ccccc21. The maximum atomic E-state index is 12.7. The molecule has 5 nitrogen and oxygen atoms in total. The van der Waals surface area contributed by atoms with Gasteiger partial charge in [-0.1, -0.05) is 18.2 Å². The first kappa shape index (κ1) is 13.6. The standard InChI is InChI=1S/C16H17N3O2/c17-13-5-3-9-19(14-6-2-1-4-11(13)14)16(21)12-10-18-8-7-15(12)20/h1-2,4,6-8,10,13H,3,5,9,17H2,(H,18,20). The summed E-state index contributed by atoms with van der Waals surface area (Å²) in [5, 5.41) is 0. The van der Waals surface area contributed by atoms with Gasteiger partial charge >= 0.3 is 0 Å². The number of nitrogens with two attached hydrogens (primary N) is 1. The van der Waals surface area contributed by atoms with Gasteiger partial charge in [-0.15, -0.1) is 0 Å².